The Hall–Kier alpha value is -2.76. The van der Waals surface area contributed by atoms with Gasteiger partial charge in [0.15, 0.2) is 0 Å². The van der Waals surface area contributed by atoms with Crippen LogP contribution in [0.4, 0.5) is 5.69 Å². The van der Waals surface area contributed by atoms with Gasteiger partial charge in [0.05, 0.1) is 31.5 Å². The average molecular weight is 328 g/mol. The summed E-state index contributed by atoms with van der Waals surface area (Å²) in [7, 11) is 1.57. The average Bonchev–Trinajstić information content (AvgIpc) is 3.22. The topological polar surface area (TPSA) is 71.8 Å². The lowest BCUT2D eigenvalue weighted by molar-refractivity contribution is -0.126. The lowest BCUT2D eigenvalue weighted by Gasteiger charge is -2.20. The fraction of sp³-hybridized carbons (Fsp3) is 0.333. The van der Waals surface area contributed by atoms with E-state index in [-0.39, 0.29) is 24.2 Å². The molecule has 0 spiro atoms. The molecule has 1 aliphatic rings. The summed E-state index contributed by atoms with van der Waals surface area (Å²) in [5, 5.41) is 2.82. The molecule has 24 heavy (non-hydrogen) atoms. The van der Waals surface area contributed by atoms with Gasteiger partial charge in [0.2, 0.25) is 11.8 Å². The quantitative estimate of drug-likeness (QED) is 0.914. The van der Waals surface area contributed by atoms with Crippen LogP contribution in [0.1, 0.15) is 17.7 Å². The lowest BCUT2D eigenvalue weighted by atomic mass is 10.1. The minimum Gasteiger partial charge on any atom is -0.495 e. The number of amides is 2. The summed E-state index contributed by atoms with van der Waals surface area (Å²) in [5.74, 6) is 0.721. The fourth-order valence-corrected chi connectivity index (χ4v) is 2.86. The van der Waals surface area contributed by atoms with Crippen molar-refractivity contribution in [3.8, 4) is 5.75 Å². The highest BCUT2D eigenvalue weighted by atomic mass is 16.5. The first-order valence-electron chi connectivity index (χ1n) is 7.83. The molecule has 2 amide bonds. The third-order valence-corrected chi connectivity index (χ3v) is 4.14. The maximum atomic E-state index is 12.4. The van der Waals surface area contributed by atoms with Gasteiger partial charge in [0, 0.05) is 13.0 Å². The van der Waals surface area contributed by atoms with Crippen molar-refractivity contribution in [1.29, 1.82) is 0 Å². The summed E-state index contributed by atoms with van der Waals surface area (Å²) >= 11 is 0. The summed E-state index contributed by atoms with van der Waals surface area (Å²) in [6.07, 6.45) is 1.76. The van der Waals surface area contributed by atoms with E-state index in [4.69, 9.17) is 9.15 Å². The lowest BCUT2D eigenvalue weighted by Crippen LogP contribution is -2.32. The minimum atomic E-state index is -0.377. The molecule has 0 aliphatic carbocycles. The van der Waals surface area contributed by atoms with Gasteiger partial charge in [-0.05, 0) is 36.8 Å². The second kappa shape index (κ2) is 6.78. The monoisotopic (exact) mass is 328 g/mol. The molecule has 1 N–H and O–H groups in total. The molecule has 0 saturated carbocycles. The van der Waals surface area contributed by atoms with Gasteiger partial charge in [-0.2, -0.15) is 0 Å². The predicted molar refractivity (Wildman–Crippen MR) is 88.7 cm³/mol. The van der Waals surface area contributed by atoms with Crippen molar-refractivity contribution in [3.05, 3.63) is 47.9 Å². The molecule has 1 aromatic carbocycles. The highest BCUT2D eigenvalue weighted by Crippen LogP contribution is 2.33. The fourth-order valence-electron chi connectivity index (χ4n) is 2.86. The number of furan rings is 1. The summed E-state index contributed by atoms with van der Waals surface area (Å²) in [5.41, 5.74) is 1.74. The third-order valence-electron chi connectivity index (χ3n) is 4.14. The number of carbonyl (C=O) groups excluding carboxylic acids is 2. The number of anilines is 1. The molecule has 0 unspecified atom stereocenters. The Balaban J connectivity index is 1.69. The van der Waals surface area contributed by atoms with E-state index in [9.17, 15) is 9.59 Å². The number of benzene rings is 1. The zero-order chi connectivity index (χ0) is 17.1. The number of methoxy groups -OCH3 is 1. The van der Waals surface area contributed by atoms with Gasteiger partial charge in [-0.1, -0.05) is 6.07 Å². The van der Waals surface area contributed by atoms with Crippen molar-refractivity contribution in [3.63, 3.8) is 0 Å². The molecule has 1 saturated heterocycles. The molecule has 1 aliphatic heterocycles. The molecule has 2 heterocycles. The Kier molecular flexibility index (Phi) is 4.55. The zero-order valence-electron chi connectivity index (χ0n) is 13.7. The first kappa shape index (κ1) is 16.1. The van der Waals surface area contributed by atoms with Crippen LogP contribution in [-0.2, 0) is 16.1 Å². The minimum absolute atomic E-state index is 0.0722. The second-order valence-electron chi connectivity index (χ2n) is 5.88. The second-order valence-corrected chi connectivity index (χ2v) is 5.88. The first-order valence-corrected chi connectivity index (χ1v) is 7.83. The molecular formula is C18H20N2O4. The van der Waals surface area contributed by atoms with Crippen LogP contribution >= 0.6 is 0 Å². The molecule has 6 heteroatoms. The van der Waals surface area contributed by atoms with Crippen LogP contribution in [0, 0.1) is 12.8 Å². The number of nitrogens with one attached hydrogen (secondary N) is 1. The van der Waals surface area contributed by atoms with E-state index >= 15 is 0 Å². The van der Waals surface area contributed by atoms with Crippen molar-refractivity contribution in [2.45, 2.75) is 19.9 Å². The number of carbonyl (C=O) groups is 2. The Labute approximate surface area is 140 Å². The number of nitrogens with zero attached hydrogens (tertiary/aromatic N) is 1. The summed E-state index contributed by atoms with van der Waals surface area (Å²) in [6, 6.07) is 9.23. The summed E-state index contributed by atoms with van der Waals surface area (Å²) in [4.78, 5) is 26.3. The van der Waals surface area contributed by atoms with E-state index < -0.39 is 0 Å². The Morgan fingerprint density at radius 3 is 2.96 bits per heavy atom. The van der Waals surface area contributed by atoms with Crippen LogP contribution in [0.5, 0.6) is 5.75 Å². The van der Waals surface area contributed by atoms with Gasteiger partial charge in [0.25, 0.3) is 0 Å². The third kappa shape index (κ3) is 3.27. The highest BCUT2D eigenvalue weighted by molar-refractivity contribution is 6.01. The van der Waals surface area contributed by atoms with E-state index in [1.54, 1.807) is 30.4 Å². The number of hydrogen-bond donors (Lipinski definition) is 1. The maximum Gasteiger partial charge on any atom is 0.227 e. The molecule has 0 bridgehead atoms. The number of rotatable bonds is 5. The van der Waals surface area contributed by atoms with E-state index in [2.05, 4.69) is 5.32 Å². The Morgan fingerprint density at radius 2 is 2.25 bits per heavy atom. The Morgan fingerprint density at radius 1 is 1.42 bits per heavy atom. The van der Waals surface area contributed by atoms with E-state index in [0.717, 1.165) is 5.56 Å². The molecular weight excluding hydrogens is 308 g/mol. The highest BCUT2D eigenvalue weighted by Gasteiger charge is 2.36. The standard InChI is InChI=1S/C18H20N2O4/c1-12-5-6-16(23-2)15(8-12)20-11-13(9-17(20)21)18(22)19-10-14-4-3-7-24-14/h3-8,13H,9-11H2,1-2H3,(H,19,22)/t13-/m1/s1. The SMILES string of the molecule is COc1ccc(C)cc1N1C[C@H](C(=O)NCc2ccco2)CC1=O. The zero-order valence-corrected chi connectivity index (χ0v) is 13.7. The van der Waals surface area contributed by atoms with Crippen LogP contribution in [0.3, 0.4) is 0 Å². The van der Waals surface area contributed by atoms with Crippen LogP contribution < -0.4 is 15.0 Å². The normalized spacial score (nSPS) is 17.2. The van der Waals surface area contributed by atoms with Crippen molar-refractivity contribution in [2.24, 2.45) is 5.92 Å². The number of ether oxygens (including phenoxy) is 1. The number of hydrogen-bond acceptors (Lipinski definition) is 4. The molecule has 3 rings (SSSR count). The van der Waals surface area contributed by atoms with E-state index in [1.807, 2.05) is 25.1 Å². The molecule has 1 aromatic heterocycles. The van der Waals surface area contributed by atoms with Crippen molar-refractivity contribution >= 4 is 17.5 Å². The summed E-state index contributed by atoms with van der Waals surface area (Å²) < 4.78 is 10.5. The molecule has 1 atom stereocenters. The van der Waals surface area contributed by atoms with Gasteiger partial charge in [-0.15, -0.1) is 0 Å². The van der Waals surface area contributed by atoms with Crippen LogP contribution in [-0.4, -0.2) is 25.5 Å². The van der Waals surface area contributed by atoms with E-state index in [1.165, 1.54) is 0 Å². The van der Waals surface area contributed by atoms with Crippen molar-refractivity contribution in [2.75, 3.05) is 18.6 Å². The van der Waals surface area contributed by atoms with Crippen molar-refractivity contribution in [1.82, 2.24) is 5.32 Å². The molecule has 6 nitrogen and oxygen atoms in total. The number of aryl methyl sites for hydroxylation is 1. The van der Waals surface area contributed by atoms with Gasteiger partial charge in [-0.25, -0.2) is 0 Å². The van der Waals surface area contributed by atoms with Crippen molar-refractivity contribution < 1.29 is 18.7 Å². The van der Waals surface area contributed by atoms with Crippen LogP contribution in [0.25, 0.3) is 0 Å². The van der Waals surface area contributed by atoms with E-state index in [0.29, 0.717) is 30.3 Å². The van der Waals surface area contributed by atoms with Gasteiger partial charge in [-0.3, -0.25) is 9.59 Å². The van der Waals surface area contributed by atoms with Crippen LogP contribution in [0.15, 0.2) is 41.0 Å². The first-order chi connectivity index (χ1) is 11.6. The van der Waals surface area contributed by atoms with Gasteiger partial charge in [0.1, 0.15) is 11.5 Å². The van der Waals surface area contributed by atoms with Gasteiger partial charge >= 0.3 is 0 Å². The Bertz CT molecular complexity index is 739. The summed E-state index contributed by atoms with van der Waals surface area (Å²) in [6.45, 7) is 2.63. The van der Waals surface area contributed by atoms with Gasteiger partial charge < -0.3 is 19.4 Å². The molecule has 0 radical (unpaired) electrons. The molecule has 2 aromatic rings. The molecule has 126 valence electrons. The molecule has 1 fully saturated rings. The largest absolute Gasteiger partial charge is 0.495 e. The predicted octanol–water partition coefficient (Wildman–Crippen LogP) is 2.27. The smallest absolute Gasteiger partial charge is 0.227 e. The maximum absolute atomic E-state index is 12.4. The van der Waals surface area contributed by atoms with Crippen LogP contribution in [0.2, 0.25) is 0 Å².